The molecule has 5 nitrogen and oxygen atoms in total. The molecular weight excluding hydrogens is 233 g/mol. The van der Waals surface area contributed by atoms with Gasteiger partial charge >= 0.3 is 0 Å². The maximum absolute atomic E-state index is 12.9. The zero-order valence-corrected chi connectivity index (χ0v) is 9.32. The Morgan fingerprint density at radius 3 is 2.75 bits per heavy atom. The van der Waals surface area contributed by atoms with Gasteiger partial charge in [0.25, 0.3) is 0 Å². The molecule has 0 saturated carbocycles. The van der Waals surface area contributed by atoms with Crippen molar-refractivity contribution < 1.29 is 12.8 Å². The summed E-state index contributed by atoms with van der Waals surface area (Å²) in [5, 5.41) is 0. The standard InChI is InChI=1S/C9H12FN3O2S/c10-8-1-9(4-12-3-8)16(14,15)13-5-7(2-11)6-13/h1,3-4,7H,2,5-6,11H2. The van der Waals surface area contributed by atoms with E-state index in [-0.39, 0.29) is 10.8 Å². The van der Waals surface area contributed by atoms with Crippen molar-refractivity contribution in [2.75, 3.05) is 19.6 Å². The minimum Gasteiger partial charge on any atom is -0.330 e. The van der Waals surface area contributed by atoms with E-state index in [9.17, 15) is 12.8 Å². The fourth-order valence-electron chi connectivity index (χ4n) is 1.55. The van der Waals surface area contributed by atoms with E-state index >= 15 is 0 Å². The predicted molar refractivity (Wildman–Crippen MR) is 55.5 cm³/mol. The van der Waals surface area contributed by atoms with Crippen molar-refractivity contribution in [2.45, 2.75) is 4.90 Å². The van der Waals surface area contributed by atoms with Crippen LogP contribution in [0.15, 0.2) is 23.4 Å². The quantitative estimate of drug-likeness (QED) is 0.800. The molecule has 16 heavy (non-hydrogen) atoms. The van der Waals surface area contributed by atoms with Gasteiger partial charge in [0, 0.05) is 19.3 Å². The summed E-state index contributed by atoms with van der Waals surface area (Å²) in [6, 6.07) is 0.970. The highest BCUT2D eigenvalue weighted by atomic mass is 32.2. The first-order valence-electron chi connectivity index (χ1n) is 4.85. The smallest absolute Gasteiger partial charge is 0.244 e. The third-order valence-corrected chi connectivity index (χ3v) is 4.37. The van der Waals surface area contributed by atoms with Crippen molar-refractivity contribution in [1.82, 2.24) is 9.29 Å². The lowest BCUT2D eigenvalue weighted by Crippen LogP contribution is -2.52. The van der Waals surface area contributed by atoms with E-state index in [0.29, 0.717) is 19.6 Å². The van der Waals surface area contributed by atoms with Crippen LogP contribution in [0, 0.1) is 11.7 Å². The second kappa shape index (κ2) is 4.08. The molecule has 1 fully saturated rings. The van der Waals surface area contributed by atoms with E-state index in [4.69, 9.17) is 5.73 Å². The van der Waals surface area contributed by atoms with Gasteiger partial charge in [-0.1, -0.05) is 0 Å². The third-order valence-electron chi connectivity index (χ3n) is 2.57. The molecule has 2 rings (SSSR count). The number of sulfonamides is 1. The highest BCUT2D eigenvalue weighted by Crippen LogP contribution is 2.24. The number of nitrogens with two attached hydrogens (primary N) is 1. The monoisotopic (exact) mass is 245 g/mol. The summed E-state index contributed by atoms with van der Waals surface area (Å²) in [7, 11) is -3.59. The van der Waals surface area contributed by atoms with E-state index in [1.165, 1.54) is 4.31 Å². The van der Waals surface area contributed by atoms with Crippen LogP contribution in [0.2, 0.25) is 0 Å². The lowest BCUT2D eigenvalue weighted by Gasteiger charge is -2.37. The van der Waals surface area contributed by atoms with Crippen LogP contribution in [-0.2, 0) is 10.0 Å². The molecule has 0 aromatic carbocycles. The lowest BCUT2D eigenvalue weighted by molar-refractivity contribution is 0.207. The van der Waals surface area contributed by atoms with Gasteiger partial charge in [-0.3, -0.25) is 4.98 Å². The van der Waals surface area contributed by atoms with E-state index < -0.39 is 15.8 Å². The highest BCUT2D eigenvalue weighted by molar-refractivity contribution is 7.89. The number of rotatable bonds is 3. The van der Waals surface area contributed by atoms with Gasteiger partial charge in [0.15, 0.2) is 0 Å². The van der Waals surface area contributed by atoms with Crippen molar-refractivity contribution in [3.8, 4) is 0 Å². The number of hydrogen-bond donors (Lipinski definition) is 1. The summed E-state index contributed by atoms with van der Waals surface area (Å²) in [4.78, 5) is 3.42. The van der Waals surface area contributed by atoms with Crippen LogP contribution in [0.5, 0.6) is 0 Å². The molecule has 0 amide bonds. The summed E-state index contributed by atoms with van der Waals surface area (Å²) in [5.74, 6) is -0.451. The fraction of sp³-hybridized carbons (Fsp3) is 0.444. The zero-order valence-electron chi connectivity index (χ0n) is 8.51. The summed E-state index contributed by atoms with van der Waals surface area (Å²) < 4.78 is 38.0. The first-order valence-corrected chi connectivity index (χ1v) is 6.29. The molecule has 1 aliphatic heterocycles. The molecule has 0 unspecified atom stereocenters. The van der Waals surface area contributed by atoms with Crippen molar-refractivity contribution in [3.63, 3.8) is 0 Å². The molecule has 1 aromatic heterocycles. The van der Waals surface area contributed by atoms with Gasteiger partial charge < -0.3 is 5.73 Å². The van der Waals surface area contributed by atoms with E-state index in [1.54, 1.807) is 0 Å². The van der Waals surface area contributed by atoms with Crippen LogP contribution in [0.25, 0.3) is 0 Å². The van der Waals surface area contributed by atoms with Gasteiger partial charge in [0.05, 0.1) is 6.20 Å². The second-order valence-electron chi connectivity index (χ2n) is 3.76. The molecule has 0 atom stereocenters. The molecule has 2 heterocycles. The lowest BCUT2D eigenvalue weighted by atomic mass is 10.0. The number of nitrogens with zero attached hydrogens (tertiary/aromatic N) is 2. The van der Waals surface area contributed by atoms with Crippen molar-refractivity contribution in [1.29, 1.82) is 0 Å². The van der Waals surface area contributed by atoms with Gasteiger partial charge in [-0.15, -0.1) is 0 Å². The first-order chi connectivity index (χ1) is 7.54. The topological polar surface area (TPSA) is 76.3 Å². The molecule has 1 aliphatic rings. The number of hydrogen-bond acceptors (Lipinski definition) is 4. The Morgan fingerprint density at radius 2 is 2.19 bits per heavy atom. The average molecular weight is 245 g/mol. The molecule has 1 saturated heterocycles. The van der Waals surface area contributed by atoms with Crippen LogP contribution in [0.4, 0.5) is 4.39 Å². The van der Waals surface area contributed by atoms with Crippen molar-refractivity contribution >= 4 is 10.0 Å². The molecule has 2 N–H and O–H groups in total. The normalized spacial score (nSPS) is 18.4. The van der Waals surface area contributed by atoms with Crippen LogP contribution >= 0.6 is 0 Å². The van der Waals surface area contributed by atoms with Crippen LogP contribution in [-0.4, -0.2) is 37.3 Å². The largest absolute Gasteiger partial charge is 0.330 e. The average Bonchev–Trinajstić information content (AvgIpc) is 2.15. The summed E-state index contributed by atoms with van der Waals surface area (Å²) in [6.45, 7) is 1.26. The third kappa shape index (κ3) is 1.93. The molecule has 88 valence electrons. The van der Waals surface area contributed by atoms with Crippen LogP contribution < -0.4 is 5.73 Å². The van der Waals surface area contributed by atoms with E-state index in [0.717, 1.165) is 18.5 Å². The van der Waals surface area contributed by atoms with E-state index in [2.05, 4.69) is 4.98 Å². The Hall–Kier alpha value is -1.05. The Morgan fingerprint density at radius 1 is 1.50 bits per heavy atom. The SMILES string of the molecule is NCC1CN(S(=O)(=O)c2cncc(F)c2)C1. The van der Waals surface area contributed by atoms with Gasteiger partial charge in [-0.25, -0.2) is 12.8 Å². The second-order valence-corrected chi connectivity index (χ2v) is 5.70. The minimum absolute atomic E-state index is 0.108. The van der Waals surface area contributed by atoms with Crippen LogP contribution in [0.1, 0.15) is 0 Å². The minimum atomic E-state index is -3.59. The Kier molecular flexibility index (Phi) is 2.92. The van der Waals surface area contributed by atoms with Crippen LogP contribution in [0.3, 0.4) is 0 Å². The van der Waals surface area contributed by atoms with Gasteiger partial charge in [0.1, 0.15) is 10.7 Å². The van der Waals surface area contributed by atoms with E-state index in [1.807, 2.05) is 0 Å². The summed E-state index contributed by atoms with van der Waals surface area (Å²) in [6.07, 6.45) is 2.12. The molecule has 0 radical (unpaired) electrons. The molecular formula is C9H12FN3O2S. The van der Waals surface area contributed by atoms with Gasteiger partial charge in [-0.05, 0) is 18.5 Å². The molecule has 7 heteroatoms. The fourth-order valence-corrected chi connectivity index (χ4v) is 3.12. The molecule has 0 aliphatic carbocycles. The Bertz CT molecular complexity index is 485. The first kappa shape index (κ1) is 11.4. The summed E-state index contributed by atoms with van der Waals surface area (Å²) >= 11 is 0. The highest BCUT2D eigenvalue weighted by Gasteiger charge is 2.36. The van der Waals surface area contributed by atoms with Crippen molar-refractivity contribution in [3.05, 3.63) is 24.3 Å². The molecule has 0 spiro atoms. The number of aromatic nitrogens is 1. The van der Waals surface area contributed by atoms with Gasteiger partial charge in [0.2, 0.25) is 10.0 Å². The van der Waals surface area contributed by atoms with Gasteiger partial charge in [-0.2, -0.15) is 4.31 Å². The van der Waals surface area contributed by atoms with Crippen molar-refractivity contribution in [2.24, 2.45) is 11.7 Å². The Labute approximate surface area is 93.1 Å². The maximum Gasteiger partial charge on any atom is 0.244 e. The Balaban J connectivity index is 2.21. The molecule has 0 bridgehead atoms. The predicted octanol–water partition coefficient (Wildman–Crippen LogP) is -0.200. The number of pyridine rings is 1. The maximum atomic E-state index is 12.9. The zero-order chi connectivity index (χ0) is 11.8. The number of halogens is 1. The molecule has 1 aromatic rings. The summed E-state index contributed by atoms with van der Waals surface area (Å²) in [5.41, 5.74) is 5.41.